The molecule has 0 bridgehead atoms. The molecule has 1 aliphatic carbocycles. The number of nitrogens with one attached hydrogen (secondary N) is 1. The third-order valence-electron chi connectivity index (χ3n) is 5.04. The highest BCUT2D eigenvalue weighted by atomic mass is 16.4. The molecule has 3 nitrogen and oxygen atoms in total. The molecule has 0 unspecified atom stereocenters. The summed E-state index contributed by atoms with van der Waals surface area (Å²) in [6.07, 6.45) is -0.0833. The largest absolute Gasteiger partial charge is 0.465 e. The Balaban J connectivity index is 1.99. The van der Waals surface area contributed by atoms with E-state index in [1.165, 1.54) is 22.3 Å². The van der Waals surface area contributed by atoms with Gasteiger partial charge in [0, 0.05) is 0 Å². The Bertz CT molecular complexity index is 777. The number of carbonyl (C=O) groups is 1. The Labute approximate surface area is 143 Å². The number of fused-ring (bicyclic) bond motifs is 1. The maximum absolute atomic E-state index is 11.1. The third kappa shape index (κ3) is 3.03. The molecule has 0 heterocycles. The van der Waals surface area contributed by atoms with Gasteiger partial charge in [-0.1, -0.05) is 70.2 Å². The molecule has 0 aromatic heterocycles. The van der Waals surface area contributed by atoms with Crippen LogP contribution < -0.4 is 5.32 Å². The van der Waals surface area contributed by atoms with E-state index in [1.807, 2.05) is 0 Å². The summed E-state index contributed by atoms with van der Waals surface area (Å²) in [6, 6.07) is 14.9. The summed E-state index contributed by atoms with van der Waals surface area (Å²) in [4.78, 5) is 11.1. The fourth-order valence-electron chi connectivity index (χ4n) is 3.71. The molecule has 0 radical (unpaired) electrons. The molecule has 0 spiro atoms. The molecular weight excluding hydrogens is 298 g/mol. The van der Waals surface area contributed by atoms with Crippen LogP contribution in [0.5, 0.6) is 0 Å². The summed E-state index contributed by atoms with van der Waals surface area (Å²) in [6.45, 7) is 8.64. The quantitative estimate of drug-likeness (QED) is 0.798. The zero-order valence-electron chi connectivity index (χ0n) is 14.8. The van der Waals surface area contributed by atoms with Crippen molar-refractivity contribution in [2.45, 2.75) is 46.1 Å². The van der Waals surface area contributed by atoms with Gasteiger partial charge in [0.05, 0.1) is 6.04 Å². The van der Waals surface area contributed by atoms with Crippen LogP contribution in [0.25, 0.3) is 11.1 Å². The van der Waals surface area contributed by atoms with Crippen molar-refractivity contribution in [3.8, 4) is 11.1 Å². The third-order valence-corrected chi connectivity index (χ3v) is 5.04. The van der Waals surface area contributed by atoms with Crippen molar-refractivity contribution < 1.29 is 9.90 Å². The molecule has 126 valence electrons. The van der Waals surface area contributed by atoms with Gasteiger partial charge >= 0.3 is 6.09 Å². The van der Waals surface area contributed by atoms with E-state index < -0.39 is 6.09 Å². The average Bonchev–Trinajstić information content (AvgIpc) is 2.76. The van der Waals surface area contributed by atoms with Crippen molar-refractivity contribution in [2.24, 2.45) is 5.41 Å². The van der Waals surface area contributed by atoms with Gasteiger partial charge in [0.25, 0.3) is 0 Å². The lowest BCUT2D eigenvalue weighted by atomic mass is 9.85. The molecule has 3 heteroatoms. The second-order valence-electron chi connectivity index (χ2n) is 7.74. The van der Waals surface area contributed by atoms with Crippen LogP contribution in [0.3, 0.4) is 0 Å². The lowest BCUT2D eigenvalue weighted by Crippen LogP contribution is -2.34. The van der Waals surface area contributed by atoms with E-state index in [2.05, 4.69) is 75.5 Å². The van der Waals surface area contributed by atoms with Crippen LogP contribution in [0, 0.1) is 5.41 Å². The highest BCUT2D eigenvalue weighted by Gasteiger charge is 2.39. The van der Waals surface area contributed by atoms with Gasteiger partial charge in [-0.2, -0.15) is 0 Å². The summed E-state index contributed by atoms with van der Waals surface area (Å²) in [5, 5.41) is 11.8. The molecule has 2 aromatic carbocycles. The molecule has 1 aliphatic rings. The first kappa shape index (κ1) is 16.6. The number of benzene rings is 2. The highest BCUT2D eigenvalue weighted by molar-refractivity contribution is 5.69. The number of carboxylic acid groups (broad SMARTS) is 1. The Morgan fingerprint density at radius 1 is 1.17 bits per heavy atom. The van der Waals surface area contributed by atoms with Gasteiger partial charge in [0.2, 0.25) is 0 Å². The van der Waals surface area contributed by atoms with Crippen LogP contribution in [0.1, 0.15) is 56.3 Å². The summed E-state index contributed by atoms with van der Waals surface area (Å²) < 4.78 is 0. The Kier molecular flexibility index (Phi) is 4.12. The first-order chi connectivity index (χ1) is 11.3. The minimum atomic E-state index is -0.963. The standard InChI is InChI=1S/C21H25NO2/c1-13(2)14-6-5-7-15(10-14)16-8-9-18-17(11-16)12-21(3,4)19(18)22-20(23)24/h5-11,13,19,22H,12H2,1-4H3,(H,23,24)/t19-/m0/s1. The van der Waals surface area contributed by atoms with Gasteiger partial charge < -0.3 is 10.4 Å². The van der Waals surface area contributed by atoms with E-state index in [1.54, 1.807) is 0 Å². The molecular formula is C21H25NO2. The highest BCUT2D eigenvalue weighted by Crippen LogP contribution is 2.46. The van der Waals surface area contributed by atoms with Crippen LogP contribution >= 0.6 is 0 Å². The first-order valence-corrected chi connectivity index (χ1v) is 8.50. The predicted octanol–water partition coefficient (Wildman–Crippen LogP) is 5.37. The lowest BCUT2D eigenvalue weighted by Gasteiger charge is -2.27. The molecule has 2 aromatic rings. The van der Waals surface area contributed by atoms with Crippen LogP contribution in [0.15, 0.2) is 42.5 Å². The smallest absolute Gasteiger partial charge is 0.405 e. The average molecular weight is 323 g/mol. The molecule has 1 amide bonds. The zero-order valence-corrected chi connectivity index (χ0v) is 14.8. The summed E-state index contributed by atoms with van der Waals surface area (Å²) in [7, 11) is 0. The van der Waals surface area contributed by atoms with Gasteiger partial charge in [-0.05, 0) is 45.6 Å². The van der Waals surface area contributed by atoms with Gasteiger partial charge in [0.1, 0.15) is 0 Å². The fraction of sp³-hybridized carbons (Fsp3) is 0.381. The molecule has 24 heavy (non-hydrogen) atoms. The van der Waals surface area contributed by atoms with Crippen molar-refractivity contribution in [2.75, 3.05) is 0 Å². The minimum Gasteiger partial charge on any atom is -0.465 e. The van der Waals surface area contributed by atoms with E-state index >= 15 is 0 Å². The molecule has 0 saturated heterocycles. The number of hydrogen-bond acceptors (Lipinski definition) is 1. The van der Waals surface area contributed by atoms with E-state index in [-0.39, 0.29) is 11.5 Å². The second kappa shape index (κ2) is 5.97. The van der Waals surface area contributed by atoms with Crippen LogP contribution in [-0.2, 0) is 6.42 Å². The van der Waals surface area contributed by atoms with Crippen LogP contribution in [-0.4, -0.2) is 11.2 Å². The summed E-state index contributed by atoms with van der Waals surface area (Å²) >= 11 is 0. The van der Waals surface area contributed by atoms with E-state index in [0.29, 0.717) is 5.92 Å². The van der Waals surface area contributed by atoms with Gasteiger partial charge in [-0.25, -0.2) is 4.79 Å². The minimum absolute atomic E-state index is 0.112. The maximum atomic E-state index is 11.1. The predicted molar refractivity (Wildman–Crippen MR) is 97.4 cm³/mol. The Morgan fingerprint density at radius 2 is 1.88 bits per heavy atom. The topological polar surface area (TPSA) is 49.3 Å². The zero-order chi connectivity index (χ0) is 17.5. The van der Waals surface area contributed by atoms with Crippen molar-refractivity contribution >= 4 is 6.09 Å². The molecule has 2 N–H and O–H groups in total. The van der Waals surface area contributed by atoms with Gasteiger partial charge in [-0.15, -0.1) is 0 Å². The van der Waals surface area contributed by atoms with Crippen molar-refractivity contribution in [1.82, 2.24) is 5.32 Å². The van der Waals surface area contributed by atoms with Crippen LogP contribution in [0.2, 0.25) is 0 Å². The summed E-state index contributed by atoms with van der Waals surface area (Å²) in [5.74, 6) is 0.502. The van der Waals surface area contributed by atoms with E-state index in [9.17, 15) is 4.79 Å². The Morgan fingerprint density at radius 3 is 2.54 bits per heavy atom. The second-order valence-corrected chi connectivity index (χ2v) is 7.74. The number of rotatable bonds is 3. The number of hydrogen-bond donors (Lipinski definition) is 2. The van der Waals surface area contributed by atoms with Gasteiger partial charge in [-0.3, -0.25) is 0 Å². The van der Waals surface area contributed by atoms with Gasteiger partial charge in [0.15, 0.2) is 0 Å². The van der Waals surface area contributed by atoms with Crippen molar-refractivity contribution in [1.29, 1.82) is 0 Å². The Hall–Kier alpha value is -2.29. The molecule has 0 saturated carbocycles. The normalized spacial score (nSPS) is 18.5. The summed E-state index contributed by atoms with van der Waals surface area (Å²) in [5.41, 5.74) is 5.98. The maximum Gasteiger partial charge on any atom is 0.405 e. The first-order valence-electron chi connectivity index (χ1n) is 8.50. The lowest BCUT2D eigenvalue weighted by molar-refractivity contribution is 0.175. The molecule has 0 fully saturated rings. The van der Waals surface area contributed by atoms with Crippen molar-refractivity contribution in [3.63, 3.8) is 0 Å². The van der Waals surface area contributed by atoms with E-state index in [0.717, 1.165) is 12.0 Å². The molecule has 1 atom stereocenters. The number of amides is 1. The van der Waals surface area contributed by atoms with Crippen LogP contribution in [0.4, 0.5) is 4.79 Å². The molecule has 3 rings (SSSR count). The van der Waals surface area contributed by atoms with E-state index in [4.69, 9.17) is 5.11 Å². The fourth-order valence-corrected chi connectivity index (χ4v) is 3.71. The monoisotopic (exact) mass is 323 g/mol. The SMILES string of the molecule is CC(C)c1cccc(-c2ccc3c(c2)CC(C)(C)[C@H]3NC(=O)O)c1. The van der Waals surface area contributed by atoms with Crippen molar-refractivity contribution in [3.05, 3.63) is 59.2 Å². The molecule has 0 aliphatic heterocycles.